The smallest absolute Gasteiger partial charge is 0.264 e. The van der Waals surface area contributed by atoms with Gasteiger partial charge in [-0.2, -0.15) is 0 Å². The molecule has 0 aliphatic carbocycles. The van der Waals surface area contributed by atoms with Crippen LogP contribution in [0.15, 0.2) is 47.4 Å². The van der Waals surface area contributed by atoms with Crippen molar-refractivity contribution in [3.05, 3.63) is 53.6 Å². The molecule has 0 saturated heterocycles. The van der Waals surface area contributed by atoms with Crippen molar-refractivity contribution in [1.82, 2.24) is 0 Å². The predicted molar refractivity (Wildman–Crippen MR) is 111 cm³/mol. The van der Waals surface area contributed by atoms with E-state index in [2.05, 4.69) is 26.1 Å². The summed E-state index contributed by atoms with van der Waals surface area (Å²) in [5.74, 6) is -0.200. The number of amides is 1. The fourth-order valence-electron chi connectivity index (χ4n) is 2.88. The van der Waals surface area contributed by atoms with Crippen LogP contribution in [0, 0.1) is 6.92 Å². The molecule has 0 bridgehead atoms. The highest BCUT2D eigenvalue weighted by Crippen LogP contribution is 2.30. The SMILES string of the molecule is CCN(c1cc(NC(C)=O)ccc1C)S(=O)(=O)c1ccc(C(C)(C)C)cc1. The maximum absolute atomic E-state index is 13.2. The maximum Gasteiger partial charge on any atom is 0.264 e. The van der Waals surface area contributed by atoms with Crippen molar-refractivity contribution in [1.29, 1.82) is 0 Å². The minimum absolute atomic E-state index is 0.0456. The Kier molecular flexibility index (Phi) is 6.00. The summed E-state index contributed by atoms with van der Waals surface area (Å²) in [7, 11) is -3.71. The lowest BCUT2D eigenvalue weighted by atomic mass is 9.87. The number of sulfonamides is 1. The van der Waals surface area contributed by atoms with Crippen molar-refractivity contribution in [3.63, 3.8) is 0 Å². The first-order valence-electron chi connectivity index (χ1n) is 8.98. The molecule has 2 rings (SSSR count). The Morgan fingerprint density at radius 2 is 1.67 bits per heavy atom. The number of carbonyl (C=O) groups is 1. The second kappa shape index (κ2) is 7.72. The lowest BCUT2D eigenvalue weighted by molar-refractivity contribution is -0.114. The number of nitrogens with one attached hydrogen (secondary N) is 1. The van der Waals surface area contributed by atoms with Gasteiger partial charge in [-0.1, -0.05) is 39.0 Å². The lowest BCUT2D eigenvalue weighted by Crippen LogP contribution is -2.31. The highest BCUT2D eigenvalue weighted by atomic mass is 32.2. The Labute approximate surface area is 162 Å². The first-order chi connectivity index (χ1) is 12.5. The van der Waals surface area contributed by atoms with Gasteiger partial charge in [-0.25, -0.2) is 8.42 Å². The Hall–Kier alpha value is -2.34. The van der Waals surface area contributed by atoms with Gasteiger partial charge in [0.1, 0.15) is 0 Å². The molecule has 0 atom stereocenters. The van der Waals surface area contributed by atoms with Gasteiger partial charge in [0.25, 0.3) is 10.0 Å². The van der Waals surface area contributed by atoms with E-state index in [1.54, 1.807) is 31.2 Å². The fraction of sp³-hybridized carbons (Fsp3) is 0.381. The molecule has 0 unspecified atom stereocenters. The van der Waals surface area contributed by atoms with Gasteiger partial charge in [-0.15, -0.1) is 0 Å². The van der Waals surface area contributed by atoms with E-state index in [0.29, 0.717) is 11.4 Å². The number of hydrogen-bond acceptors (Lipinski definition) is 3. The molecule has 2 aromatic rings. The molecule has 0 radical (unpaired) electrons. The molecule has 0 aliphatic heterocycles. The number of anilines is 2. The van der Waals surface area contributed by atoms with E-state index < -0.39 is 10.0 Å². The van der Waals surface area contributed by atoms with Crippen LogP contribution in [0.3, 0.4) is 0 Å². The molecule has 27 heavy (non-hydrogen) atoms. The highest BCUT2D eigenvalue weighted by Gasteiger charge is 2.26. The van der Waals surface area contributed by atoms with E-state index >= 15 is 0 Å². The van der Waals surface area contributed by atoms with E-state index in [4.69, 9.17) is 0 Å². The first kappa shape index (κ1) is 21.0. The van der Waals surface area contributed by atoms with Gasteiger partial charge in [-0.3, -0.25) is 9.10 Å². The molecule has 1 amide bonds. The van der Waals surface area contributed by atoms with Gasteiger partial charge in [-0.05, 0) is 54.7 Å². The number of rotatable bonds is 5. The summed E-state index contributed by atoms with van der Waals surface area (Å²) in [5, 5.41) is 2.71. The molecule has 1 N–H and O–H groups in total. The molecule has 0 fully saturated rings. The van der Waals surface area contributed by atoms with Crippen LogP contribution in [0.1, 0.15) is 45.7 Å². The maximum atomic E-state index is 13.2. The minimum Gasteiger partial charge on any atom is -0.326 e. The fourth-order valence-corrected chi connectivity index (χ4v) is 4.41. The molecule has 5 nitrogen and oxygen atoms in total. The standard InChI is InChI=1S/C21H28N2O3S/c1-7-23(20-14-18(22-16(3)24)11-8-15(20)2)27(25,26)19-12-9-17(10-13-19)21(4,5)6/h8-14H,7H2,1-6H3,(H,22,24). The third-order valence-electron chi connectivity index (χ3n) is 4.39. The van der Waals surface area contributed by atoms with E-state index in [0.717, 1.165) is 11.1 Å². The van der Waals surface area contributed by atoms with Crippen LogP contribution < -0.4 is 9.62 Å². The summed E-state index contributed by atoms with van der Waals surface area (Å²) in [5.41, 5.74) is 2.98. The van der Waals surface area contributed by atoms with Crippen molar-refractivity contribution in [2.45, 2.75) is 51.9 Å². The molecular formula is C21H28N2O3S. The molecule has 0 saturated carbocycles. The van der Waals surface area contributed by atoms with E-state index in [9.17, 15) is 13.2 Å². The quantitative estimate of drug-likeness (QED) is 0.822. The van der Waals surface area contributed by atoms with E-state index in [1.807, 2.05) is 25.1 Å². The van der Waals surface area contributed by atoms with E-state index in [-0.39, 0.29) is 22.8 Å². The van der Waals surface area contributed by atoms with Gasteiger partial charge in [0.15, 0.2) is 0 Å². The summed E-state index contributed by atoms with van der Waals surface area (Å²) < 4.78 is 27.9. The highest BCUT2D eigenvalue weighted by molar-refractivity contribution is 7.92. The summed E-state index contributed by atoms with van der Waals surface area (Å²) in [6, 6.07) is 12.3. The van der Waals surface area contributed by atoms with Crippen molar-refractivity contribution < 1.29 is 13.2 Å². The monoisotopic (exact) mass is 388 g/mol. The summed E-state index contributed by atoms with van der Waals surface area (Å²) >= 11 is 0. The van der Waals surface area contributed by atoms with Gasteiger partial charge in [0.05, 0.1) is 10.6 Å². The minimum atomic E-state index is -3.71. The molecule has 0 aliphatic rings. The van der Waals surface area contributed by atoms with Crippen LogP contribution in [0.2, 0.25) is 0 Å². The number of benzene rings is 2. The van der Waals surface area contributed by atoms with Gasteiger partial charge in [0, 0.05) is 19.2 Å². The van der Waals surface area contributed by atoms with Crippen LogP contribution in [0.25, 0.3) is 0 Å². The van der Waals surface area contributed by atoms with E-state index in [1.165, 1.54) is 11.2 Å². The number of carbonyl (C=O) groups excluding carboxylic acids is 1. The lowest BCUT2D eigenvalue weighted by Gasteiger charge is -2.26. The summed E-state index contributed by atoms with van der Waals surface area (Å²) in [4.78, 5) is 11.6. The zero-order chi connectivity index (χ0) is 20.4. The van der Waals surface area contributed by atoms with Crippen LogP contribution in [0.5, 0.6) is 0 Å². The average molecular weight is 389 g/mol. The number of hydrogen-bond donors (Lipinski definition) is 1. The molecule has 0 heterocycles. The van der Waals surface area contributed by atoms with Crippen LogP contribution in [0.4, 0.5) is 11.4 Å². The first-order valence-corrected chi connectivity index (χ1v) is 10.4. The predicted octanol–water partition coefficient (Wildman–Crippen LogP) is 4.47. The van der Waals surface area contributed by atoms with Crippen molar-refractivity contribution in [3.8, 4) is 0 Å². The largest absolute Gasteiger partial charge is 0.326 e. The molecule has 146 valence electrons. The number of nitrogens with zero attached hydrogens (tertiary/aromatic N) is 1. The second-order valence-corrected chi connectivity index (χ2v) is 9.49. The Balaban J connectivity index is 2.48. The van der Waals surface area contributed by atoms with Crippen LogP contribution in [-0.2, 0) is 20.2 Å². The molecule has 6 heteroatoms. The Bertz CT molecular complexity index is 927. The zero-order valence-electron chi connectivity index (χ0n) is 16.8. The van der Waals surface area contributed by atoms with Gasteiger partial charge < -0.3 is 5.32 Å². The molecule has 0 spiro atoms. The normalized spacial score (nSPS) is 11.9. The third-order valence-corrected chi connectivity index (χ3v) is 6.30. The zero-order valence-corrected chi connectivity index (χ0v) is 17.6. The van der Waals surface area contributed by atoms with Gasteiger partial charge >= 0.3 is 0 Å². The van der Waals surface area contributed by atoms with Crippen molar-refractivity contribution in [2.75, 3.05) is 16.2 Å². The van der Waals surface area contributed by atoms with Crippen molar-refractivity contribution in [2.24, 2.45) is 0 Å². The third kappa shape index (κ3) is 4.69. The Morgan fingerprint density at radius 1 is 1.07 bits per heavy atom. The van der Waals surface area contributed by atoms with Crippen LogP contribution in [-0.4, -0.2) is 20.9 Å². The van der Waals surface area contributed by atoms with Crippen molar-refractivity contribution >= 4 is 27.3 Å². The second-order valence-electron chi connectivity index (χ2n) is 7.63. The molecule has 0 aromatic heterocycles. The summed E-state index contributed by atoms with van der Waals surface area (Å²) in [6.45, 7) is 11.6. The topological polar surface area (TPSA) is 66.5 Å². The Morgan fingerprint density at radius 3 is 2.15 bits per heavy atom. The average Bonchev–Trinajstić information content (AvgIpc) is 2.57. The van der Waals surface area contributed by atoms with Gasteiger partial charge in [0.2, 0.25) is 5.91 Å². The number of aryl methyl sites for hydroxylation is 1. The molecule has 2 aromatic carbocycles. The van der Waals surface area contributed by atoms with Crippen LogP contribution >= 0.6 is 0 Å². The summed E-state index contributed by atoms with van der Waals surface area (Å²) in [6.07, 6.45) is 0. The molecular weight excluding hydrogens is 360 g/mol.